The van der Waals surface area contributed by atoms with E-state index >= 15 is 0 Å². The van der Waals surface area contributed by atoms with E-state index < -0.39 is 11.7 Å². The van der Waals surface area contributed by atoms with E-state index in [1.807, 2.05) is 0 Å². The molecule has 0 aliphatic carbocycles. The molecular weight excluding hydrogens is 393 g/mol. The lowest BCUT2D eigenvalue weighted by atomic mass is 9.93. The summed E-state index contributed by atoms with van der Waals surface area (Å²) in [6, 6.07) is 6.56. The van der Waals surface area contributed by atoms with Crippen molar-refractivity contribution in [2.75, 3.05) is 18.4 Å². The molecule has 3 rings (SSSR count). The second kappa shape index (κ2) is 9.43. The zero-order chi connectivity index (χ0) is 19.4. The SMILES string of the molecule is Cc1cc(NC(=O)CCC2CCNCC2)n(-c2cccc(C(F)(F)F)c2)n1.Cl. The third-order valence-electron chi connectivity index (χ3n) is 4.76. The number of benzene rings is 1. The van der Waals surface area contributed by atoms with Gasteiger partial charge in [-0.1, -0.05) is 6.07 Å². The van der Waals surface area contributed by atoms with Crippen molar-refractivity contribution in [3.63, 3.8) is 0 Å². The molecule has 0 spiro atoms. The van der Waals surface area contributed by atoms with Gasteiger partial charge in [-0.2, -0.15) is 18.3 Å². The maximum Gasteiger partial charge on any atom is 0.416 e. The number of aryl methyl sites for hydroxylation is 1. The van der Waals surface area contributed by atoms with Crippen LogP contribution in [0.2, 0.25) is 0 Å². The Labute approximate surface area is 168 Å². The summed E-state index contributed by atoms with van der Waals surface area (Å²) < 4.78 is 40.3. The minimum atomic E-state index is -4.43. The van der Waals surface area contributed by atoms with Crippen molar-refractivity contribution in [3.8, 4) is 5.69 Å². The van der Waals surface area contributed by atoms with Crippen LogP contribution in [0.25, 0.3) is 5.69 Å². The molecule has 1 aromatic heterocycles. The van der Waals surface area contributed by atoms with E-state index in [9.17, 15) is 18.0 Å². The Morgan fingerprint density at radius 1 is 1.29 bits per heavy atom. The van der Waals surface area contributed by atoms with Gasteiger partial charge in [-0.3, -0.25) is 4.79 Å². The van der Waals surface area contributed by atoms with Crippen molar-refractivity contribution in [3.05, 3.63) is 41.6 Å². The van der Waals surface area contributed by atoms with Gasteiger partial charge in [0.25, 0.3) is 0 Å². The standard InChI is InChI=1S/C19H23F3N4O.ClH/c1-13-11-17(24-18(27)6-5-14-7-9-23-10-8-14)26(25-13)16-4-2-3-15(12-16)19(20,21)22;/h2-4,11-12,14,23H,5-10H2,1H3,(H,24,27);1H. The molecule has 1 aliphatic heterocycles. The monoisotopic (exact) mass is 416 g/mol. The smallest absolute Gasteiger partial charge is 0.317 e. The number of piperidine rings is 1. The number of alkyl halides is 3. The molecule has 0 bridgehead atoms. The van der Waals surface area contributed by atoms with Crippen LogP contribution in [0.5, 0.6) is 0 Å². The first-order valence-corrected chi connectivity index (χ1v) is 9.08. The topological polar surface area (TPSA) is 59.0 Å². The second-order valence-electron chi connectivity index (χ2n) is 6.91. The maximum absolute atomic E-state index is 13.0. The van der Waals surface area contributed by atoms with Crippen molar-refractivity contribution >= 4 is 24.1 Å². The average molecular weight is 417 g/mol. The quantitative estimate of drug-likeness (QED) is 0.762. The van der Waals surface area contributed by atoms with Gasteiger partial charge in [0.05, 0.1) is 16.9 Å². The molecule has 0 unspecified atom stereocenters. The van der Waals surface area contributed by atoms with E-state index in [2.05, 4.69) is 15.7 Å². The van der Waals surface area contributed by atoms with Gasteiger partial charge in [0.2, 0.25) is 5.91 Å². The summed E-state index contributed by atoms with van der Waals surface area (Å²) in [6.45, 7) is 3.69. The van der Waals surface area contributed by atoms with Gasteiger partial charge in [-0.05, 0) is 63.4 Å². The van der Waals surface area contributed by atoms with E-state index in [4.69, 9.17) is 0 Å². The molecule has 1 aromatic carbocycles. The summed E-state index contributed by atoms with van der Waals surface area (Å²) in [5, 5.41) is 10.3. The number of anilines is 1. The van der Waals surface area contributed by atoms with Crippen LogP contribution >= 0.6 is 12.4 Å². The highest BCUT2D eigenvalue weighted by Gasteiger charge is 2.30. The summed E-state index contributed by atoms with van der Waals surface area (Å²) in [5.41, 5.74) is 0.115. The molecule has 154 valence electrons. The molecule has 28 heavy (non-hydrogen) atoms. The van der Waals surface area contributed by atoms with Gasteiger partial charge in [0.1, 0.15) is 5.82 Å². The number of carbonyl (C=O) groups excluding carboxylic acids is 1. The Kier molecular flexibility index (Phi) is 7.48. The number of amides is 1. The van der Waals surface area contributed by atoms with E-state index in [0.29, 0.717) is 23.9 Å². The molecule has 5 nitrogen and oxygen atoms in total. The zero-order valence-electron chi connectivity index (χ0n) is 15.6. The Bertz CT molecular complexity index is 801. The maximum atomic E-state index is 13.0. The fourth-order valence-electron chi connectivity index (χ4n) is 3.31. The average Bonchev–Trinajstić information content (AvgIpc) is 3.00. The highest BCUT2D eigenvalue weighted by molar-refractivity contribution is 5.90. The van der Waals surface area contributed by atoms with Crippen LogP contribution in [0.3, 0.4) is 0 Å². The minimum absolute atomic E-state index is 0. The van der Waals surface area contributed by atoms with Crippen LogP contribution in [0, 0.1) is 12.8 Å². The Balaban J connectivity index is 0.00000280. The van der Waals surface area contributed by atoms with Crippen LogP contribution in [0.4, 0.5) is 19.0 Å². The molecule has 9 heteroatoms. The van der Waals surface area contributed by atoms with Crippen molar-refractivity contribution < 1.29 is 18.0 Å². The minimum Gasteiger partial charge on any atom is -0.317 e. The third kappa shape index (κ3) is 5.72. The van der Waals surface area contributed by atoms with Gasteiger partial charge >= 0.3 is 6.18 Å². The summed E-state index contributed by atoms with van der Waals surface area (Å²) in [5.74, 6) is 0.760. The first kappa shape index (κ1) is 22.2. The predicted octanol–water partition coefficient (Wildman–Crippen LogP) is 4.34. The fraction of sp³-hybridized carbons (Fsp3) is 0.474. The van der Waals surface area contributed by atoms with E-state index in [1.165, 1.54) is 16.8 Å². The molecule has 0 radical (unpaired) electrons. The summed E-state index contributed by atoms with van der Waals surface area (Å²) in [4.78, 5) is 12.3. The number of hydrogen-bond donors (Lipinski definition) is 2. The van der Waals surface area contributed by atoms with E-state index in [1.54, 1.807) is 13.0 Å². The highest BCUT2D eigenvalue weighted by atomic mass is 35.5. The Morgan fingerprint density at radius 3 is 2.68 bits per heavy atom. The Morgan fingerprint density at radius 2 is 2.00 bits per heavy atom. The van der Waals surface area contributed by atoms with Crippen molar-refractivity contribution in [2.45, 2.75) is 38.8 Å². The number of aromatic nitrogens is 2. The molecule has 2 aromatic rings. The van der Waals surface area contributed by atoms with E-state index in [-0.39, 0.29) is 24.0 Å². The zero-order valence-corrected chi connectivity index (χ0v) is 16.4. The summed E-state index contributed by atoms with van der Waals surface area (Å²) in [7, 11) is 0. The number of nitrogens with zero attached hydrogens (tertiary/aromatic N) is 2. The number of nitrogens with one attached hydrogen (secondary N) is 2. The first-order valence-electron chi connectivity index (χ1n) is 9.08. The van der Waals surface area contributed by atoms with Crippen molar-refractivity contribution in [1.29, 1.82) is 0 Å². The predicted molar refractivity (Wildman–Crippen MR) is 104 cm³/mol. The first-order chi connectivity index (χ1) is 12.8. The molecule has 2 N–H and O–H groups in total. The van der Waals surface area contributed by atoms with Gasteiger partial charge in [0, 0.05) is 12.5 Å². The molecule has 0 saturated carbocycles. The normalized spacial score (nSPS) is 15.1. The highest BCUT2D eigenvalue weighted by Crippen LogP contribution is 2.31. The molecule has 1 aliphatic rings. The number of carbonyl (C=O) groups is 1. The second-order valence-corrected chi connectivity index (χ2v) is 6.91. The van der Waals surface area contributed by atoms with Crippen LogP contribution < -0.4 is 10.6 Å². The van der Waals surface area contributed by atoms with Gasteiger partial charge < -0.3 is 10.6 Å². The van der Waals surface area contributed by atoms with Crippen LogP contribution in [-0.2, 0) is 11.0 Å². The number of rotatable bonds is 5. The van der Waals surface area contributed by atoms with Crippen LogP contribution in [0.15, 0.2) is 30.3 Å². The van der Waals surface area contributed by atoms with Crippen LogP contribution in [-0.4, -0.2) is 28.8 Å². The largest absolute Gasteiger partial charge is 0.416 e. The van der Waals surface area contributed by atoms with Gasteiger partial charge in [0.15, 0.2) is 0 Å². The van der Waals surface area contributed by atoms with Gasteiger partial charge in [-0.25, -0.2) is 4.68 Å². The number of halogens is 4. The third-order valence-corrected chi connectivity index (χ3v) is 4.76. The number of hydrogen-bond acceptors (Lipinski definition) is 3. The Hall–Kier alpha value is -2.06. The van der Waals surface area contributed by atoms with E-state index in [0.717, 1.165) is 44.5 Å². The lowest BCUT2D eigenvalue weighted by Gasteiger charge is -2.22. The lowest BCUT2D eigenvalue weighted by molar-refractivity contribution is -0.137. The lowest BCUT2D eigenvalue weighted by Crippen LogP contribution is -2.28. The molecule has 1 saturated heterocycles. The van der Waals surface area contributed by atoms with Crippen molar-refractivity contribution in [2.24, 2.45) is 5.92 Å². The molecule has 0 atom stereocenters. The summed E-state index contributed by atoms with van der Waals surface area (Å²) >= 11 is 0. The molecule has 1 fully saturated rings. The van der Waals surface area contributed by atoms with Crippen LogP contribution in [0.1, 0.15) is 36.9 Å². The molecular formula is C19H24ClF3N4O. The molecule has 2 heterocycles. The summed E-state index contributed by atoms with van der Waals surface area (Å²) in [6.07, 6.45) is -1.11. The van der Waals surface area contributed by atoms with Crippen molar-refractivity contribution in [1.82, 2.24) is 15.1 Å². The molecule has 1 amide bonds. The van der Waals surface area contributed by atoms with Gasteiger partial charge in [-0.15, -0.1) is 12.4 Å². The fourth-order valence-corrected chi connectivity index (χ4v) is 3.31.